The molecule has 2 aromatic carbocycles. The number of hydrogen-bond donors (Lipinski definition) is 2. The normalized spacial score (nSPS) is 12.2. The second-order valence-corrected chi connectivity index (χ2v) is 9.90. The molecule has 2 aromatic heterocycles. The molecule has 4 aromatic rings. The topological polar surface area (TPSA) is 107 Å². The van der Waals surface area contributed by atoms with Gasteiger partial charge in [-0.3, -0.25) is 4.21 Å². The van der Waals surface area contributed by atoms with Crippen LogP contribution in [0.25, 0.3) is 34.0 Å². The first kappa shape index (κ1) is 22.9. The Bertz CT molecular complexity index is 1300. The molecule has 33 heavy (non-hydrogen) atoms. The number of nitrogens with two attached hydrogens (primary N) is 1. The van der Waals surface area contributed by atoms with Gasteiger partial charge in [-0.2, -0.15) is 0 Å². The zero-order valence-corrected chi connectivity index (χ0v) is 19.5. The summed E-state index contributed by atoms with van der Waals surface area (Å²) in [6, 6.07) is 15.0. The summed E-state index contributed by atoms with van der Waals surface area (Å²) in [5, 5.41) is 7.31. The number of hydrogen-bond acceptors (Lipinski definition) is 7. The predicted molar refractivity (Wildman–Crippen MR) is 133 cm³/mol. The Hall–Kier alpha value is -3.30. The highest BCUT2D eigenvalue weighted by Crippen LogP contribution is 2.29. The molecule has 1 atom stereocenters. The lowest BCUT2D eigenvalue weighted by Gasteiger charge is -2.08. The van der Waals surface area contributed by atoms with Crippen LogP contribution in [0.3, 0.4) is 0 Å². The van der Waals surface area contributed by atoms with E-state index in [4.69, 9.17) is 18.1 Å². The molecule has 0 spiro atoms. The minimum absolute atomic E-state index is 0.0490. The van der Waals surface area contributed by atoms with Gasteiger partial charge in [-0.1, -0.05) is 54.8 Å². The molecule has 166 valence electrons. The van der Waals surface area contributed by atoms with Crippen molar-refractivity contribution in [2.45, 2.75) is 30.5 Å². The van der Waals surface area contributed by atoms with Gasteiger partial charge in [-0.25, -0.2) is 9.97 Å². The van der Waals surface area contributed by atoms with Crippen LogP contribution in [0.2, 0.25) is 0 Å². The van der Waals surface area contributed by atoms with Crippen molar-refractivity contribution in [3.63, 3.8) is 0 Å². The van der Waals surface area contributed by atoms with Gasteiger partial charge in [0.2, 0.25) is 0 Å². The lowest BCUT2D eigenvalue weighted by Crippen LogP contribution is -2.12. The van der Waals surface area contributed by atoms with Crippen LogP contribution >= 0.6 is 0 Å². The number of nitrogens with one attached hydrogen (secondary N) is 1. The van der Waals surface area contributed by atoms with Crippen LogP contribution in [0.1, 0.15) is 19.4 Å². The molecule has 0 saturated heterocycles. The maximum Gasteiger partial charge on any atom is 0.189 e. The predicted octanol–water partition coefficient (Wildman–Crippen LogP) is 3.08. The van der Waals surface area contributed by atoms with Crippen molar-refractivity contribution in [1.82, 2.24) is 20.4 Å². The van der Waals surface area contributed by atoms with Gasteiger partial charge in [0.05, 0.1) is 22.7 Å². The molecular formula is C24H24BN5O2S. The smallest absolute Gasteiger partial charge is 0.189 e. The fraction of sp³-hybridized carbons (Fsp3) is 0.208. The van der Waals surface area contributed by atoms with Gasteiger partial charge in [-0.05, 0) is 30.3 Å². The Labute approximate surface area is 196 Å². The Kier molecular flexibility index (Phi) is 6.71. The molecule has 0 bridgehead atoms. The van der Waals surface area contributed by atoms with Crippen molar-refractivity contribution >= 4 is 29.9 Å². The third-order valence-electron chi connectivity index (χ3n) is 5.13. The Morgan fingerprint density at radius 3 is 2.55 bits per heavy atom. The maximum absolute atomic E-state index is 12.3. The van der Waals surface area contributed by atoms with E-state index in [0.29, 0.717) is 28.3 Å². The third-order valence-corrected chi connectivity index (χ3v) is 6.72. The molecule has 0 saturated carbocycles. The van der Waals surface area contributed by atoms with E-state index in [9.17, 15) is 4.21 Å². The van der Waals surface area contributed by atoms with Crippen LogP contribution in [0, 0.1) is 0 Å². The maximum atomic E-state index is 12.3. The Balaban J connectivity index is 1.64. The van der Waals surface area contributed by atoms with Crippen molar-refractivity contribution in [3.8, 4) is 34.0 Å². The lowest BCUT2D eigenvalue weighted by molar-refractivity contribution is 0.434. The number of nitrogens with zero attached hydrogens (tertiary/aromatic N) is 3. The Morgan fingerprint density at radius 1 is 1.12 bits per heavy atom. The molecule has 1 unspecified atom stereocenters. The van der Waals surface area contributed by atoms with Crippen LogP contribution in [0.15, 0.2) is 64.1 Å². The molecule has 3 N–H and O–H groups in total. The highest BCUT2D eigenvalue weighted by Gasteiger charge is 2.17. The zero-order chi connectivity index (χ0) is 23.5. The highest BCUT2D eigenvalue weighted by molar-refractivity contribution is 7.85. The fourth-order valence-corrected chi connectivity index (χ4v) is 4.37. The van der Waals surface area contributed by atoms with E-state index in [-0.39, 0.29) is 11.1 Å². The van der Waals surface area contributed by atoms with Crippen LogP contribution in [-0.2, 0) is 17.3 Å². The Morgan fingerprint density at radius 2 is 1.88 bits per heavy atom. The van der Waals surface area contributed by atoms with Gasteiger partial charge in [-0.15, -0.1) is 0 Å². The van der Waals surface area contributed by atoms with Gasteiger partial charge < -0.3 is 15.6 Å². The first-order valence-corrected chi connectivity index (χ1v) is 11.7. The summed E-state index contributed by atoms with van der Waals surface area (Å²) < 4.78 is 17.9. The molecule has 2 radical (unpaired) electrons. The van der Waals surface area contributed by atoms with Crippen LogP contribution in [-0.4, -0.2) is 39.5 Å². The molecule has 0 aliphatic carbocycles. The van der Waals surface area contributed by atoms with E-state index in [1.165, 1.54) is 0 Å². The van der Waals surface area contributed by atoms with Crippen molar-refractivity contribution in [1.29, 1.82) is 0 Å². The van der Waals surface area contributed by atoms with Crippen molar-refractivity contribution in [3.05, 3.63) is 60.3 Å². The first-order valence-electron chi connectivity index (χ1n) is 10.5. The van der Waals surface area contributed by atoms with E-state index in [1.807, 2.05) is 63.4 Å². The molecule has 0 fully saturated rings. The summed E-state index contributed by atoms with van der Waals surface area (Å²) in [5.41, 5.74) is 11.0. The van der Waals surface area contributed by atoms with E-state index >= 15 is 0 Å². The quantitative estimate of drug-likeness (QED) is 0.411. The minimum Gasteiger partial charge on any atom is -0.382 e. The molecule has 7 nitrogen and oxygen atoms in total. The number of aromatic nitrogens is 3. The SMILES string of the molecule is [B]c1cc(CNC)ccc1-c1cc(-c2nc(-c3ccc(S(=O)C(C)C)cc3)cnc2N)on1. The summed E-state index contributed by atoms with van der Waals surface area (Å²) in [4.78, 5) is 9.71. The van der Waals surface area contributed by atoms with Crippen molar-refractivity contribution < 1.29 is 8.73 Å². The number of rotatable bonds is 7. The summed E-state index contributed by atoms with van der Waals surface area (Å²) in [7, 11) is 7.06. The summed E-state index contributed by atoms with van der Waals surface area (Å²) in [6.45, 7) is 4.58. The summed E-state index contributed by atoms with van der Waals surface area (Å²) in [5.74, 6) is 0.629. The first-order chi connectivity index (χ1) is 15.9. The molecule has 2 heterocycles. The minimum atomic E-state index is -1.05. The summed E-state index contributed by atoms with van der Waals surface area (Å²) >= 11 is 0. The van der Waals surface area contributed by atoms with Gasteiger partial charge in [0.25, 0.3) is 0 Å². The van der Waals surface area contributed by atoms with Crippen LogP contribution in [0.4, 0.5) is 5.82 Å². The lowest BCUT2D eigenvalue weighted by atomic mass is 9.87. The number of nitrogen functional groups attached to an aromatic ring is 1. The third kappa shape index (κ3) is 4.89. The number of benzene rings is 2. The average Bonchev–Trinajstić information content (AvgIpc) is 3.29. The largest absolute Gasteiger partial charge is 0.382 e. The van der Waals surface area contributed by atoms with Gasteiger partial charge in [0.1, 0.15) is 13.5 Å². The molecule has 4 rings (SSSR count). The van der Waals surface area contributed by atoms with Gasteiger partial charge in [0, 0.05) is 28.3 Å². The second-order valence-electron chi connectivity index (χ2n) is 7.89. The van der Waals surface area contributed by atoms with Crippen LogP contribution in [0.5, 0.6) is 0 Å². The van der Waals surface area contributed by atoms with Crippen LogP contribution < -0.4 is 16.5 Å². The van der Waals surface area contributed by atoms with E-state index < -0.39 is 10.8 Å². The second kappa shape index (κ2) is 9.68. The molecular weight excluding hydrogens is 433 g/mol. The number of anilines is 1. The standard InChI is InChI=1S/C24H24BN5O2S/c1-14(2)33(31)17-7-5-16(6-8-17)21-13-28-24(26)23(29-21)22-11-20(30-32-22)18-9-4-15(12-27-3)10-19(18)25/h4-11,13-14,27H,12H2,1-3H3,(H2,26,28). The monoisotopic (exact) mass is 457 g/mol. The van der Waals surface area contributed by atoms with E-state index in [0.717, 1.165) is 28.1 Å². The fourth-order valence-electron chi connectivity index (χ4n) is 3.42. The van der Waals surface area contributed by atoms with Crippen molar-refractivity contribution in [2.75, 3.05) is 12.8 Å². The summed E-state index contributed by atoms with van der Waals surface area (Å²) in [6.07, 6.45) is 1.60. The molecule has 0 amide bonds. The molecule has 9 heteroatoms. The van der Waals surface area contributed by atoms with E-state index in [2.05, 4.69) is 20.4 Å². The average molecular weight is 457 g/mol. The van der Waals surface area contributed by atoms with Gasteiger partial charge >= 0.3 is 0 Å². The molecule has 0 aliphatic rings. The zero-order valence-electron chi connectivity index (χ0n) is 18.7. The highest BCUT2D eigenvalue weighted by atomic mass is 32.2. The molecule has 0 aliphatic heterocycles. The van der Waals surface area contributed by atoms with E-state index in [1.54, 1.807) is 12.3 Å². The van der Waals surface area contributed by atoms with Crippen molar-refractivity contribution in [2.24, 2.45) is 0 Å². The van der Waals surface area contributed by atoms with Gasteiger partial charge in [0.15, 0.2) is 17.3 Å².